The van der Waals surface area contributed by atoms with Crippen molar-refractivity contribution in [1.29, 1.82) is 0 Å². The molecule has 7 heteroatoms. The Bertz CT molecular complexity index is 337. The Kier molecular flexibility index (Phi) is 3.12. The average Bonchev–Trinajstić information content (AvgIpc) is 2.89. The maximum atomic E-state index is 11.3. The Balaban J connectivity index is 0.000000606. The van der Waals surface area contributed by atoms with Crippen molar-refractivity contribution in [1.82, 2.24) is 0 Å². The van der Waals surface area contributed by atoms with Crippen LogP contribution in [0.5, 0.6) is 0 Å². The van der Waals surface area contributed by atoms with E-state index in [1.807, 2.05) is 6.79 Å². The second-order valence-electron chi connectivity index (χ2n) is 4.76. The Morgan fingerprint density at radius 3 is 2.00 bits per heavy atom. The topological polar surface area (TPSA) is 115 Å². The van der Waals surface area contributed by atoms with Crippen molar-refractivity contribution < 1.29 is 29.4 Å². The summed E-state index contributed by atoms with van der Waals surface area (Å²) in [6.45, 7) is 5.16. The third kappa shape index (κ3) is 1.41. The van der Waals surface area contributed by atoms with Gasteiger partial charge in [-0.15, -0.1) is 0 Å². The van der Waals surface area contributed by atoms with Crippen molar-refractivity contribution >= 4 is 14.4 Å². The highest BCUT2D eigenvalue weighted by atomic mass is 31.2. The minimum absolute atomic E-state index is 0.256. The predicted molar refractivity (Wildman–Crippen MR) is 55.8 cm³/mol. The van der Waals surface area contributed by atoms with Gasteiger partial charge >= 0.3 is 7.60 Å². The predicted octanol–water partition coefficient (Wildman–Crippen LogP) is -0.501. The lowest BCUT2D eigenvalue weighted by atomic mass is 9.88. The van der Waals surface area contributed by atoms with E-state index in [1.165, 1.54) is 6.92 Å². The highest BCUT2D eigenvalue weighted by Gasteiger charge is 2.80. The lowest BCUT2D eigenvalue weighted by Crippen LogP contribution is -2.46. The number of hydrogen-bond donors (Lipinski definition) is 4. The van der Waals surface area contributed by atoms with Crippen LogP contribution in [0.2, 0.25) is 0 Å². The van der Waals surface area contributed by atoms with Gasteiger partial charge in [-0.3, -0.25) is 4.57 Å². The molecule has 6 nitrogen and oxygen atoms in total. The normalized spacial score (nSPS) is 50.2. The molecule has 0 aromatic heterocycles. The number of rotatable bonds is 1. The maximum absolute atomic E-state index is 11.3. The minimum atomic E-state index is -4.33. The van der Waals surface area contributed by atoms with E-state index in [1.54, 1.807) is 6.92 Å². The van der Waals surface area contributed by atoms with Crippen LogP contribution >= 0.6 is 7.60 Å². The molecule has 5 atom stereocenters. The van der Waals surface area contributed by atoms with Crippen LogP contribution in [-0.2, 0) is 9.36 Å². The molecule has 0 aromatic carbocycles. The first-order chi connectivity index (χ1) is 7.15. The van der Waals surface area contributed by atoms with E-state index in [9.17, 15) is 24.6 Å². The number of hydrogen-bond acceptors (Lipinski definition) is 4. The fourth-order valence-electron chi connectivity index (χ4n) is 2.87. The highest BCUT2D eigenvalue weighted by molar-refractivity contribution is 7.54. The molecule has 0 spiro atoms. The van der Waals surface area contributed by atoms with Gasteiger partial charge in [0.1, 0.15) is 11.9 Å². The van der Waals surface area contributed by atoms with Gasteiger partial charge in [-0.2, -0.15) is 0 Å². The van der Waals surface area contributed by atoms with E-state index in [0.717, 1.165) is 0 Å². The first-order valence-corrected chi connectivity index (χ1v) is 6.52. The summed E-state index contributed by atoms with van der Waals surface area (Å²) in [6.07, 6.45) is -1.01. The molecular formula is C9H17O6P. The molecule has 16 heavy (non-hydrogen) atoms. The number of carbonyl (C=O) groups excluding carboxylic acids is 1. The maximum Gasteiger partial charge on any atom is 0.334 e. The summed E-state index contributed by atoms with van der Waals surface area (Å²) < 4.78 is 11.3. The molecule has 0 aliphatic heterocycles. The zero-order valence-electron chi connectivity index (χ0n) is 9.20. The minimum Gasteiger partial charge on any atom is -0.389 e. The van der Waals surface area contributed by atoms with Crippen molar-refractivity contribution in [3.63, 3.8) is 0 Å². The van der Waals surface area contributed by atoms with Crippen molar-refractivity contribution in [2.24, 2.45) is 11.8 Å². The van der Waals surface area contributed by atoms with Crippen LogP contribution in [-0.4, -0.2) is 43.7 Å². The van der Waals surface area contributed by atoms with Crippen LogP contribution in [0.15, 0.2) is 0 Å². The zero-order valence-corrected chi connectivity index (χ0v) is 10.1. The van der Waals surface area contributed by atoms with Crippen molar-refractivity contribution in [3.05, 3.63) is 0 Å². The second-order valence-corrected chi connectivity index (χ2v) is 6.68. The molecule has 0 amide bonds. The lowest BCUT2D eigenvalue weighted by molar-refractivity contribution is -0.0980. The first kappa shape index (κ1) is 13.8. The summed E-state index contributed by atoms with van der Waals surface area (Å²) in [7, 11) is -4.33. The summed E-state index contributed by atoms with van der Waals surface area (Å²) in [5, 5.41) is 18.3. The molecular weight excluding hydrogens is 235 g/mol. The van der Waals surface area contributed by atoms with E-state index in [-0.39, 0.29) is 11.8 Å². The fourth-order valence-corrected chi connectivity index (χ4v) is 4.54. The molecule has 5 unspecified atom stereocenters. The summed E-state index contributed by atoms with van der Waals surface area (Å²) in [5.74, 6) is -0.529. The van der Waals surface area contributed by atoms with Gasteiger partial charge in [0.15, 0.2) is 0 Å². The molecule has 0 saturated heterocycles. The van der Waals surface area contributed by atoms with Gasteiger partial charge in [0, 0.05) is 0 Å². The Morgan fingerprint density at radius 2 is 1.81 bits per heavy atom. The zero-order chi connectivity index (χ0) is 12.9. The van der Waals surface area contributed by atoms with Gasteiger partial charge in [-0.25, -0.2) is 0 Å². The Hall–Kier alpha value is -0.260. The van der Waals surface area contributed by atoms with Crippen molar-refractivity contribution in [2.75, 3.05) is 0 Å². The van der Waals surface area contributed by atoms with E-state index in [4.69, 9.17) is 4.79 Å². The SMILES string of the molecule is C=O.CC1C2CC2(P(=O)(O)O)C(O)C1(C)O. The number of aliphatic hydroxyl groups excluding tert-OH is 1. The highest BCUT2D eigenvalue weighted by Crippen LogP contribution is 2.78. The van der Waals surface area contributed by atoms with Crippen molar-refractivity contribution in [2.45, 2.75) is 37.1 Å². The molecule has 2 fully saturated rings. The molecule has 2 rings (SSSR count). The smallest absolute Gasteiger partial charge is 0.334 e. The fraction of sp³-hybridized carbons (Fsp3) is 0.889. The first-order valence-electron chi connectivity index (χ1n) is 4.90. The molecule has 0 heterocycles. The monoisotopic (exact) mass is 252 g/mol. The molecule has 2 aliphatic rings. The third-order valence-corrected chi connectivity index (χ3v) is 5.97. The van der Waals surface area contributed by atoms with Gasteiger partial charge in [0.2, 0.25) is 0 Å². The molecule has 2 aliphatic carbocycles. The van der Waals surface area contributed by atoms with E-state index >= 15 is 0 Å². The Labute approximate surface area is 93.5 Å². The summed E-state index contributed by atoms with van der Waals surface area (Å²) >= 11 is 0. The largest absolute Gasteiger partial charge is 0.389 e. The Morgan fingerprint density at radius 1 is 1.38 bits per heavy atom. The van der Waals surface area contributed by atoms with Crippen LogP contribution in [0.1, 0.15) is 20.3 Å². The van der Waals surface area contributed by atoms with Crippen LogP contribution in [0.25, 0.3) is 0 Å². The molecule has 94 valence electrons. The third-order valence-electron chi connectivity index (χ3n) is 4.12. The quantitative estimate of drug-likeness (QED) is 0.468. The summed E-state index contributed by atoms with van der Waals surface area (Å²) in [4.78, 5) is 26.4. The van der Waals surface area contributed by atoms with Gasteiger partial charge in [-0.05, 0) is 25.2 Å². The number of carbonyl (C=O) groups is 1. The van der Waals surface area contributed by atoms with Gasteiger partial charge in [0.25, 0.3) is 0 Å². The second kappa shape index (κ2) is 3.62. The van der Waals surface area contributed by atoms with Crippen LogP contribution in [0.4, 0.5) is 0 Å². The van der Waals surface area contributed by atoms with E-state index in [0.29, 0.717) is 6.42 Å². The average molecular weight is 252 g/mol. The van der Waals surface area contributed by atoms with Crippen molar-refractivity contribution in [3.8, 4) is 0 Å². The van der Waals surface area contributed by atoms with E-state index < -0.39 is 24.5 Å². The van der Waals surface area contributed by atoms with Crippen LogP contribution in [0.3, 0.4) is 0 Å². The molecule has 0 aromatic rings. The molecule has 4 N–H and O–H groups in total. The van der Waals surface area contributed by atoms with Gasteiger partial charge in [0.05, 0.1) is 11.7 Å². The van der Waals surface area contributed by atoms with E-state index in [2.05, 4.69) is 0 Å². The number of fused-ring (bicyclic) bond motifs is 1. The summed E-state index contributed by atoms with van der Waals surface area (Å²) in [6, 6.07) is 0. The molecule has 0 bridgehead atoms. The summed E-state index contributed by atoms with van der Waals surface area (Å²) in [5.41, 5.74) is -1.38. The van der Waals surface area contributed by atoms with Gasteiger partial charge < -0.3 is 24.8 Å². The molecule has 0 radical (unpaired) electrons. The molecule has 2 saturated carbocycles. The number of aliphatic hydroxyl groups is 2. The standard InChI is InChI=1S/C8H15O5P.CH2O/c1-4-5-3-8(5,14(11,12)13)6(9)7(4,2)10;1-2/h4-6,9-10H,3H2,1-2H3,(H2,11,12,13);1H2. The lowest BCUT2D eigenvalue weighted by Gasteiger charge is -2.32. The van der Waals surface area contributed by atoms with Crippen LogP contribution < -0.4 is 0 Å². The van der Waals surface area contributed by atoms with Crippen LogP contribution in [0, 0.1) is 11.8 Å². The van der Waals surface area contributed by atoms with Gasteiger partial charge in [-0.1, -0.05) is 6.92 Å².